The molecule has 1 unspecified atom stereocenters. The van der Waals surface area contributed by atoms with Crippen LogP contribution >= 0.6 is 0 Å². The Bertz CT molecular complexity index is 613. The summed E-state index contributed by atoms with van der Waals surface area (Å²) in [5, 5.41) is 14.3. The van der Waals surface area contributed by atoms with Crippen LogP contribution in [0, 0.1) is 5.41 Å². The van der Waals surface area contributed by atoms with E-state index < -0.39 is 0 Å². The van der Waals surface area contributed by atoms with Crippen molar-refractivity contribution >= 4 is 22.5 Å². The van der Waals surface area contributed by atoms with Crippen molar-refractivity contribution in [2.45, 2.75) is 26.2 Å². The van der Waals surface area contributed by atoms with Gasteiger partial charge in [-0.15, -0.1) is 0 Å². The molecule has 1 aromatic carbocycles. The second-order valence-electron chi connectivity index (χ2n) is 5.58. The number of nitrogens with one attached hydrogen (secondary N) is 3. The van der Waals surface area contributed by atoms with Gasteiger partial charge in [0, 0.05) is 17.6 Å². The van der Waals surface area contributed by atoms with Gasteiger partial charge in [-0.2, -0.15) is 5.10 Å². The van der Waals surface area contributed by atoms with Crippen LogP contribution in [-0.2, 0) is 4.79 Å². The third kappa shape index (κ3) is 2.29. The zero-order chi connectivity index (χ0) is 14.0. The largest absolute Gasteiger partial charge is 0.325 e. The number of hydrogen-bond donors (Lipinski definition) is 3. The molecule has 0 spiro atoms. The second kappa shape index (κ2) is 5.25. The minimum atomic E-state index is -0.252. The smallest absolute Gasteiger partial charge is 0.231 e. The van der Waals surface area contributed by atoms with E-state index >= 15 is 0 Å². The highest BCUT2D eigenvalue weighted by atomic mass is 16.2. The molecular formula is C15H20N4O. The van der Waals surface area contributed by atoms with Crippen molar-refractivity contribution in [1.29, 1.82) is 0 Å². The Kier molecular flexibility index (Phi) is 3.44. The van der Waals surface area contributed by atoms with Crippen LogP contribution in [0.1, 0.15) is 26.2 Å². The molecule has 3 rings (SSSR count). The summed E-state index contributed by atoms with van der Waals surface area (Å²) in [6, 6.07) is 5.83. The van der Waals surface area contributed by atoms with Gasteiger partial charge in [0.2, 0.25) is 5.91 Å². The molecule has 106 valence electrons. The molecule has 5 heteroatoms. The Morgan fingerprint density at radius 1 is 1.50 bits per heavy atom. The van der Waals surface area contributed by atoms with Gasteiger partial charge in [-0.05, 0) is 37.6 Å². The van der Waals surface area contributed by atoms with Crippen LogP contribution in [0.2, 0.25) is 0 Å². The molecule has 0 aliphatic carbocycles. The standard InChI is InChI=1S/C15H20N4O/c1-2-5-15(6-7-16-10-15)14(20)18-12-4-3-11-9-17-19-13(11)8-12/h3-4,8-9,16H,2,5-7,10H2,1H3,(H,17,19)(H,18,20). The highest BCUT2D eigenvalue weighted by molar-refractivity contribution is 5.97. The quantitative estimate of drug-likeness (QED) is 0.799. The maximum atomic E-state index is 12.6. The zero-order valence-corrected chi connectivity index (χ0v) is 11.7. The third-order valence-corrected chi connectivity index (χ3v) is 4.15. The predicted molar refractivity (Wildman–Crippen MR) is 79.6 cm³/mol. The Morgan fingerprint density at radius 3 is 3.15 bits per heavy atom. The number of amides is 1. The van der Waals surface area contributed by atoms with Gasteiger partial charge >= 0.3 is 0 Å². The Labute approximate surface area is 118 Å². The summed E-state index contributed by atoms with van der Waals surface area (Å²) >= 11 is 0. The lowest BCUT2D eigenvalue weighted by molar-refractivity contribution is -0.125. The number of nitrogens with zero attached hydrogens (tertiary/aromatic N) is 1. The molecule has 1 fully saturated rings. The van der Waals surface area contributed by atoms with Crippen molar-refractivity contribution in [3.05, 3.63) is 24.4 Å². The van der Waals surface area contributed by atoms with E-state index in [4.69, 9.17) is 0 Å². The number of aromatic amines is 1. The minimum absolute atomic E-state index is 0.128. The lowest BCUT2D eigenvalue weighted by Gasteiger charge is -2.26. The van der Waals surface area contributed by atoms with E-state index in [1.54, 1.807) is 6.20 Å². The van der Waals surface area contributed by atoms with Crippen LogP contribution < -0.4 is 10.6 Å². The number of benzene rings is 1. The number of carbonyl (C=O) groups excluding carboxylic acids is 1. The van der Waals surface area contributed by atoms with Gasteiger partial charge in [0.05, 0.1) is 17.1 Å². The first-order valence-electron chi connectivity index (χ1n) is 7.19. The molecule has 1 saturated heterocycles. The Hall–Kier alpha value is -1.88. The lowest BCUT2D eigenvalue weighted by Crippen LogP contribution is -2.38. The summed E-state index contributed by atoms with van der Waals surface area (Å²) in [5.41, 5.74) is 1.52. The van der Waals surface area contributed by atoms with E-state index in [0.29, 0.717) is 0 Å². The molecule has 5 nitrogen and oxygen atoms in total. The van der Waals surface area contributed by atoms with Crippen molar-refractivity contribution in [2.24, 2.45) is 5.41 Å². The van der Waals surface area contributed by atoms with E-state index in [1.165, 1.54) is 0 Å². The maximum Gasteiger partial charge on any atom is 0.231 e. The molecule has 0 bridgehead atoms. The normalized spacial score (nSPS) is 22.2. The summed E-state index contributed by atoms with van der Waals surface area (Å²) in [6.07, 6.45) is 4.65. The second-order valence-corrected chi connectivity index (χ2v) is 5.58. The van der Waals surface area contributed by atoms with Gasteiger partial charge in [0.1, 0.15) is 0 Å². The Balaban J connectivity index is 1.80. The average Bonchev–Trinajstić information content (AvgIpc) is 3.08. The summed E-state index contributed by atoms with van der Waals surface area (Å²) in [7, 11) is 0. The fraction of sp³-hybridized carbons (Fsp3) is 0.467. The van der Waals surface area contributed by atoms with Gasteiger partial charge < -0.3 is 10.6 Å². The molecule has 1 aliphatic rings. The molecule has 20 heavy (non-hydrogen) atoms. The molecule has 3 N–H and O–H groups in total. The molecule has 2 heterocycles. The summed E-state index contributed by atoms with van der Waals surface area (Å²) < 4.78 is 0. The fourth-order valence-electron chi connectivity index (χ4n) is 3.02. The number of H-pyrrole nitrogens is 1. The summed E-state index contributed by atoms with van der Waals surface area (Å²) in [6.45, 7) is 3.83. The summed E-state index contributed by atoms with van der Waals surface area (Å²) in [4.78, 5) is 12.6. The van der Waals surface area contributed by atoms with Crippen LogP contribution in [0.5, 0.6) is 0 Å². The first-order valence-corrected chi connectivity index (χ1v) is 7.19. The van der Waals surface area contributed by atoms with Crippen LogP contribution in [0.15, 0.2) is 24.4 Å². The minimum Gasteiger partial charge on any atom is -0.325 e. The number of carbonyl (C=O) groups is 1. The van der Waals surface area contributed by atoms with Crippen LogP contribution in [0.3, 0.4) is 0 Å². The highest BCUT2D eigenvalue weighted by Gasteiger charge is 2.40. The van der Waals surface area contributed by atoms with Crippen molar-refractivity contribution in [2.75, 3.05) is 18.4 Å². The highest BCUT2D eigenvalue weighted by Crippen LogP contribution is 2.32. The van der Waals surface area contributed by atoms with Gasteiger partial charge in [-0.25, -0.2) is 0 Å². The Morgan fingerprint density at radius 2 is 2.40 bits per heavy atom. The molecular weight excluding hydrogens is 252 g/mol. The molecule has 1 atom stereocenters. The van der Waals surface area contributed by atoms with Gasteiger partial charge in [-0.1, -0.05) is 13.3 Å². The lowest BCUT2D eigenvalue weighted by atomic mass is 9.81. The first-order chi connectivity index (χ1) is 9.73. The van der Waals surface area contributed by atoms with Gasteiger partial charge in [0.15, 0.2) is 0 Å². The summed E-state index contributed by atoms with van der Waals surface area (Å²) in [5.74, 6) is 0.128. The van der Waals surface area contributed by atoms with E-state index in [2.05, 4.69) is 27.8 Å². The zero-order valence-electron chi connectivity index (χ0n) is 11.7. The van der Waals surface area contributed by atoms with Crippen molar-refractivity contribution in [3.8, 4) is 0 Å². The van der Waals surface area contributed by atoms with E-state index in [-0.39, 0.29) is 11.3 Å². The van der Waals surface area contributed by atoms with Crippen LogP contribution in [0.4, 0.5) is 5.69 Å². The van der Waals surface area contributed by atoms with E-state index in [0.717, 1.165) is 48.9 Å². The molecule has 0 radical (unpaired) electrons. The number of hydrogen-bond acceptors (Lipinski definition) is 3. The first kappa shape index (κ1) is 13.1. The van der Waals surface area contributed by atoms with Crippen molar-refractivity contribution < 1.29 is 4.79 Å². The molecule has 1 aromatic heterocycles. The predicted octanol–water partition coefficient (Wildman–Crippen LogP) is 2.28. The average molecular weight is 272 g/mol. The van der Waals surface area contributed by atoms with Crippen LogP contribution in [0.25, 0.3) is 10.9 Å². The number of aromatic nitrogens is 2. The van der Waals surface area contributed by atoms with Crippen LogP contribution in [-0.4, -0.2) is 29.2 Å². The SMILES string of the molecule is CCCC1(C(=O)Nc2ccc3cn[nH]c3c2)CCNC1. The molecule has 0 saturated carbocycles. The third-order valence-electron chi connectivity index (χ3n) is 4.15. The van der Waals surface area contributed by atoms with Gasteiger partial charge in [0.25, 0.3) is 0 Å². The fourth-order valence-corrected chi connectivity index (χ4v) is 3.02. The van der Waals surface area contributed by atoms with Crippen molar-refractivity contribution in [1.82, 2.24) is 15.5 Å². The number of rotatable bonds is 4. The van der Waals surface area contributed by atoms with Crippen molar-refractivity contribution in [3.63, 3.8) is 0 Å². The van der Waals surface area contributed by atoms with Gasteiger partial charge in [-0.3, -0.25) is 9.89 Å². The van der Waals surface area contributed by atoms with E-state index in [9.17, 15) is 4.79 Å². The number of fused-ring (bicyclic) bond motifs is 1. The van der Waals surface area contributed by atoms with E-state index in [1.807, 2.05) is 18.2 Å². The molecule has 1 amide bonds. The molecule has 2 aromatic rings. The maximum absolute atomic E-state index is 12.6. The number of anilines is 1. The monoisotopic (exact) mass is 272 g/mol. The topological polar surface area (TPSA) is 69.8 Å². The molecule has 1 aliphatic heterocycles.